The van der Waals surface area contributed by atoms with Crippen LogP contribution in [0.1, 0.15) is 5.56 Å². The van der Waals surface area contributed by atoms with Gasteiger partial charge in [0, 0.05) is 32.0 Å². The molecule has 1 aromatic carbocycles. The highest BCUT2D eigenvalue weighted by Gasteiger charge is 2.01. The predicted octanol–water partition coefficient (Wildman–Crippen LogP) is 1.05. The van der Waals surface area contributed by atoms with Crippen LogP contribution in [0.2, 0.25) is 0 Å². The van der Waals surface area contributed by atoms with Crippen LogP contribution < -0.4 is 10.6 Å². The zero-order chi connectivity index (χ0) is 11.3. The summed E-state index contributed by atoms with van der Waals surface area (Å²) in [5.41, 5.74) is 7.21. The molecule has 15 heavy (non-hydrogen) atoms. The topological polar surface area (TPSA) is 62.3 Å². The van der Waals surface area contributed by atoms with Gasteiger partial charge in [0.1, 0.15) is 5.84 Å². The smallest absolute Gasteiger partial charge is 0.122 e. The van der Waals surface area contributed by atoms with Gasteiger partial charge in [0.2, 0.25) is 0 Å². The number of anilines is 1. The Kier molecular flexibility index (Phi) is 4.12. The summed E-state index contributed by atoms with van der Waals surface area (Å²) in [4.78, 5) is 2.09. The maximum absolute atomic E-state index is 7.27. The van der Waals surface area contributed by atoms with Gasteiger partial charge in [0.15, 0.2) is 0 Å². The molecule has 0 aliphatic heterocycles. The molecule has 3 N–H and O–H groups in total. The number of benzene rings is 1. The minimum absolute atomic E-state index is 0.0982. The summed E-state index contributed by atoms with van der Waals surface area (Å²) in [7, 11) is 3.69. The number of nitrogens with one attached hydrogen (secondary N) is 1. The van der Waals surface area contributed by atoms with Crippen molar-refractivity contribution in [1.82, 2.24) is 0 Å². The van der Waals surface area contributed by atoms with Crippen molar-refractivity contribution in [2.45, 2.75) is 0 Å². The number of nitrogens with two attached hydrogens (primary N) is 1. The summed E-state index contributed by atoms with van der Waals surface area (Å²) in [5.74, 6) is 0.0982. The molecular weight excluding hydrogens is 190 g/mol. The van der Waals surface area contributed by atoms with Gasteiger partial charge in [-0.25, -0.2) is 0 Å². The summed E-state index contributed by atoms with van der Waals surface area (Å²) < 4.78 is 5.00. The summed E-state index contributed by atoms with van der Waals surface area (Å²) in [6.45, 7) is 1.54. The third-order valence-electron chi connectivity index (χ3n) is 2.25. The highest BCUT2D eigenvalue weighted by atomic mass is 16.5. The molecule has 0 aliphatic carbocycles. The van der Waals surface area contributed by atoms with Crippen molar-refractivity contribution in [3.05, 3.63) is 29.8 Å². The molecule has 4 nitrogen and oxygen atoms in total. The maximum Gasteiger partial charge on any atom is 0.122 e. The van der Waals surface area contributed by atoms with Crippen molar-refractivity contribution < 1.29 is 4.74 Å². The SMILES string of the molecule is COCCN(C)c1ccc(C(=N)N)cc1. The molecule has 0 aromatic heterocycles. The van der Waals surface area contributed by atoms with Gasteiger partial charge in [0.05, 0.1) is 6.61 Å². The van der Waals surface area contributed by atoms with E-state index >= 15 is 0 Å². The van der Waals surface area contributed by atoms with Crippen LogP contribution >= 0.6 is 0 Å². The zero-order valence-corrected chi connectivity index (χ0v) is 9.16. The highest BCUT2D eigenvalue weighted by molar-refractivity contribution is 5.95. The quantitative estimate of drug-likeness (QED) is 0.560. The van der Waals surface area contributed by atoms with Gasteiger partial charge in [-0.3, -0.25) is 5.41 Å². The van der Waals surface area contributed by atoms with E-state index in [-0.39, 0.29) is 5.84 Å². The predicted molar refractivity (Wildman–Crippen MR) is 62.6 cm³/mol. The van der Waals surface area contributed by atoms with Crippen LogP contribution in [0, 0.1) is 5.41 Å². The summed E-state index contributed by atoms with van der Waals surface area (Å²) in [5, 5.41) is 7.27. The average Bonchev–Trinajstić information content (AvgIpc) is 2.26. The van der Waals surface area contributed by atoms with E-state index in [4.69, 9.17) is 15.9 Å². The van der Waals surface area contributed by atoms with Crippen molar-refractivity contribution in [1.29, 1.82) is 5.41 Å². The lowest BCUT2D eigenvalue weighted by Gasteiger charge is -2.18. The van der Waals surface area contributed by atoms with Crippen LogP contribution in [0.25, 0.3) is 0 Å². The van der Waals surface area contributed by atoms with Crippen LogP contribution in [0.4, 0.5) is 5.69 Å². The third kappa shape index (κ3) is 3.25. The fourth-order valence-corrected chi connectivity index (χ4v) is 1.25. The number of hydrogen-bond acceptors (Lipinski definition) is 3. The number of amidine groups is 1. The first kappa shape index (κ1) is 11.5. The Balaban J connectivity index is 2.66. The number of nitrogens with zero attached hydrogens (tertiary/aromatic N) is 1. The second-order valence-corrected chi connectivity index (χ2v) is 3.37. The standard InChI is InChI=1S/C11H17N3O/c1-14(7-8-15-2)10-5-3-9(4-6-10)11(12)13/h3-6H,7-8H2,1-2H3,(H3,12,13). The zero-order valence-electron chi connectivity index (χ0n) is 9.16. The molecule has 0 bridgehead atoms. The van der Waals surface area contributed by atoms with E-state index in [1.54, 1.807) is 7.11 Å². The Morgan fingerprint density at radius 3 is 2.47 bits per heavy atom. The van der Waals surface area contributed by atoms with E-state index in [1.165, 1.54) is 0 Å². The Morgan fingerprint density at radius 1 is 1.40 bits per heavy atom. The lowest BCUT2D eigenvalue weighted by molar-refractivity contribution is 0.206. The highest BCUT2D eigenvalue weighted by Crippen LogP contribution is 2.13. The molecule has 0 atom stereocenters. The molecule has 1 rings (SSSR count). The van der Waals surface area contributed by atoms with Crippen LogP contribution in [0.15, 0.2) is 24.3 Å². The van der Waals surface area contributed by atoms with Crippen LogP contribution in [0.5, 0.6) is 0 Å². The van der Waals surface area contributed by atoms with Crippen molar-refractivity contribution in [2.75, 3.05) is 32.2 Å². The first-order valence-electron chi connectivity index (χ1n) is 4.79. The second kappa shape index (κ2) is 5.36. The maximum atomic E-state index is 7.27. The molecule has 1 aromatic rings. The van der Waals surface area contributed by atoms with Gasteiger partial charge in [0.25, 0.3) is 0 Å². The average molecular weight is 207 g/mol. The minimum Gasteiger partial charge on any atom is -0.384 e. The summed E-state index contributed by atoms with van der Waals surface area (Å²) in [6, 6.07) is 7.60. The van der Waals surface area contributed by atoms with Gasteiger partial charge >= 0.3 is 0 Å². The number of likely N-dealkylation sites (N-methyl/N-ethyl adjacent to an activating group) is 1. The van der Waals surface area contributed by atoms with Gasteiger partial charge < -0.3 is 15.4 Å². The molecule has 0 radical (unpaired) electrons. The minimum atomic E-state index is 0.0982. The number of hydrogen-bond donors (Lipinski definition) is 2. The first-order valence-corrected chi connectivity index (χ1v) is 4.79. The molecule has 0 heterocycles. The number of ether oxygens (including phenoxy) is 1. The van der Waals surface area contributed by atoms with Crippen LogP contribution in [0.3, 0.4) is 0 Å². The molecule has 4 heteroatoms. The Labute approximate surface area is 90.2 Å². The van der Waals surface area contributed by atoms with Crippen LogP contribution in [-0.4, -0.2) is 33.1 Å². The van der Waals surface area contributed by atoms with E-state index < -0.39 is 0 Å². The fraction of sp³-hybridized carbons (Fsp3) is 0.364. The lowest BCUT2D eigenvalue weighted by Crippen LogP contribution is -2.22. The monoisotopic (exact) mass is 207 g/mol. The summed E-state index contributed by atoms with van der Waals surface area (Å²) in [6.07, 6.45) is 0. The van der Waals surface area contributed by atoms with Gasteiger partial charge in [-0.1, -0.05) is 0 Å². The lowest BCUT2D eigenvalue weighted by atomic mass is 10.2. The first-order chi connectivity index (χ1) is 7.15. The molecule has 0 amide bonds. The van der Waals surface area contributed by atoms with E-state index in [0.29, 0.717) is 6.61 Å². The normalized spacial score (nSPS) is 10.0. The van der Waals surface area contributed by atoms with Gasteiger partial charge in [-0.05, 0) is 24.3 Å². The second-order valence-electron chi connectivity index (χ2n) is 3.37. The Bertz CT molecular complexity index is 321. The molecule has 82 valence electrons. The number of rotatable bonds is 5. The Hall–Kier alpha value is -1.55. The van der Waals surface area contributed by atoms with Crippen LogP contribution in [-0.2, 0) is 4.74 Å². The van der Waals surface area contributed by atoms with Gasteiger partial charge in [-0.15, -0.1) is 0 Å². The van der Waals surface area contributed by atoms with E-state index in [0.717, 1.165) is 17.8 Å². The molecule has 0 fully saturated rings. The molecule has 0 saturated heterocycles. The fourth-order valence-electron chi connectivity index (χ4n) is 1.25. The Morgan fingerprint density at radius 2 is 2.00 bits per heavy atom. The molecule has 0 unspecified atom stereocenters. The van der Waals surface area contributed by atoms with Crippen molar-refractivity contribution in [3.63, 3.8) is 0 Å². The number of methoxy groups -OCH3 is 1. The molecular formula is C11H17N3O. The summed E-state index contributed by atoms with van der Waals surface area (Å²) >= 11 is 0. The van der Waals surface area contributed by atoms with E-state index in [2.05, 4.69) is 4.90 Å². The van der Waals surface area contributed by atoms with E-state index in [1.807, 2.05) is 31.3 Å². The molecule has 0 saturated carbocycles. The molecule has 0 aliphatic rings. The van der Waals surface area contributed by atoms with Gasteiger partial charge in [-0.2, -0.15) is 0 Å². The van der Waals surface area contributed by atoms with Crippen molar-refractivity contribution >= 4 is 11.5 Å². The largest absolute Gasteiger partial charge is 0.384 e. The molecule has 0 spiro atoms. The number of nitrogen functional groups attached to an aromatic ring is 1. The van der Waals surface area contributed by atoms with Crippen molar-refractivity contribution in [2.24, 2.45) is 5.73 Å². The third-order valence-corrected chi connectivity index (χ3v) is 2.25. The van der Waals surface area contributed by atoms with E-state index in [9.17, 15) is 0 Å². The van der Waals surface area contributed by atoms with Crippen molar-refractivity contribution in [3.8, 4) is 0 Å².